The van der Waals surface area contributed by atoms with Crippen LogP contribution in [0.4, 0.5) is 0 Å². The van der Waals surface area contributed by atoms with Crippen molar-refractivity contribution in [2.75, 3.05) is 13.6 Å². The molecule has 2 rings (SSSR count). The average molecular weight is 380 g/mol. The van der Waals surface area contributed by atoms with Crippen LogP contribution in [0.3, 0.4) is 0 Å². The maximum Gasteiger partial charge on any atom is 0.107 e. The van der Waals surface area contributed by atoms with Gasteiger partial charge in [-0.3, -0.25) is 4.90 Å². The Bertz CT molecular complexity index is 431. The maximum absolute atomic E-state index is 6.17. The number of nitrogens with zero attached hydrogens (tertiary/aromatic N) is 1. The van der Waals surface area contributed by atoms with E-state index in [1.54, 1.807) is 11.3 Å². The van der Waals surface area contributed by atoms with Gasteiger partial charge in [-0.15, -0.1) is 11.3 Å². The first-order valence-electron chi connectivity index (χ1n) is 7.21. The van der Waals surface area contributed by atoms with Crippen molar-refractivity contribution in [1.82, 2.24) is 4.90 Å². The molecule has 1 aliphatic carbocycles. The summed E-state index contributed by atoms with van der Waals surface area (Å²) < 4.78 is 1.80. The molecule has 5 heteroatoms. The summed E-state index contributed by atoms with van der Waals surface area (Å²) in [5.74, 6) is 0. The van der Waals surface area contributed by atoms with E-state index < -0.39 is 0 Å². The van der Waals surface area contributed by atoms with Crippen LogP contribution in [0.2, 0.25) is 4.34 Å². The second kappa shape index (κ2) is 6.66. The third-order valence-corrected chi connectivity index (χ3v) is 7.17. The fraction of sp³-hybridized carbons (Fsp3) is 0.733. The van der Waals surface area contributed by atoms with Gasteiger partial charge in [-0.05, 0) is 60.1 Å². The lowest BCUT2D eigenvalue weighted by atomic mass is 9.75. The van der Waals surface area contributed by atoms with Crippen molar-refractivity contribution in [2.45, 2.75) is 51.6 Å². The zero-order valence-corrected chi connectivity index (χ0v) is 15.6. The zero-order valence-electron chi connectivity index (χ0n) is 12.5. The Morgan fingerprint density at radius 1 is 1.50 bits per heavy atom. The summed E-state index contributed by atoms with van der Waals surface area (Å²) in [6.45, 7) is 5.39. The zero-order chi connectivity index (χ0) is 14.9. The second-order valence-corrected chi connectivity index (χ2v) is 9.12. The standard InChI is InChI=1S/C15H24BrClN2S/c1-15(2)6-4-10(5-7-15)19(3)12(9-18)13-8-11(16)14(17)20-13/h8,10,12H,4-7,9,18H2,1-3H3. The quantitative estimate of drug-likeness (QED) is 0.791. The van der Waals surface area contributed by atoms with Crippen molar-refractivity contribution in [3.05, 3.63) is 19.8 Å². The van der Waals surface area contributed by atoms with E-state index in [2.05, 4.69) is 47.8 Å². The van der Waals surface area contributed by atoms with Gasteiger partial charge in [0.25, 0.3) is 0 Å². The first-order valence-corrected chi connectivity index (χ1v) is 9.19. The third kappa shape index (κ3) is 3.77. The van der Waals surface area contributed by atoms with Crippen LogP contribution in [0.25, 0.3) is 0 Å². The van der Waals surface area contributed by atoms with E-state index in [4.69, 9.17) is 17.3 Å². The highest BCUT2D eigenvalue weighted by atomic mass is 79.9. The van der Waals surface area contributed by atoms with Crippen molar-refractivity contribution >= 4 is 38.9 Å². The smallest absolute Gasteiger partial charge is 0.107 e. The van der Waals surface area contributed by atoms with E-state index in [0.717, 1.165) is 8.81 Å². The van der Waals surface area contributed by atoms with Crippen molar-refractivity contribution in [3.63, 3.8) is 0 Å². The Morgan fingerprint density at radius 2 is 2.10 bits per heavy atom. The van der Waals surface area contributed by atoms with Crippen LogP contribution in [0.15, 0.2) is 10.5 Å². The van der Waals surface area contributed by atoms with Crippen molar-refractivity contribution in [1.29, 1.82) is 0 Å². The van der Waals surface area contributed by atoms with Gasteiger partial charge in [-0.2, -0.15) is 0 Å². The molecule has 0 amide bonds. The van der Waals surface area contributed by atoms with Gasteiger partial charge >= 0.3 is 0 Å². The van der Waals surface area contributed by atoms with Crippen LogP contribution in [0, 0.1) is 5.41 Å². The lowest BCUT2D eigenvalue weighted by Gasteiger charge is -2.41. The molecule has 0 radical (unpaired) electrons. The van der Waals surface area contributed by atoms with E-state index in [-0.39, 0.29) is 6.04 Å². The molecule has 0 aliphatic heterocycles. The Kier molecular flexibility index (Phi) is 5.58. The molecular formula is C15H24BrClN2S. The van der Waals surface area contributed by atoms with Crippen LogP contribution in [0.5, 0.6) is 0 Å². The molecule has 114 valence electrons. The average Bonchev–Trinajstić information content (AvgIpc) is 2.70. The lowest BCUT2D eigenvalue weighted by Crippen LogP contribution is -2.41. The number of nitrogens with two attached hydrogens (primary N) is 1. The largest absolute Gasteiger partial charge is 0.329 e. The molecule has 1 aliphatic rings. The molecule has 1 heterocycles. The number of hydrogen-bond donors (Lipinski definition) is 1. The summed E-state index contributed by atoms with van der Waals surface area (Å²) in [4.78, 5) is 3.72. The summed E-state index contributed by atoms with van der Waals surface area (Å²) >= 11 is 11.3. The van der Waals surface area contributed by atoms with E-state index in [9.17, 15) is 0 Å². The molecule has 1 atom stereocenters. The van der Waals surface area contributed by atoms with E-state index in [1.165, 1.54) is 30.6 Å². The van der Waals surface area contributed by atoms with Gasteiger partial charge in [0.05, 0.1) is 6.04 Å². The summed E-state index contributed by atoms with van der Waals surface area (Å²) in [6.07, 6.45) is 5.13. The van der Waals surface area contributed by atoms with Crippen molar-refractivity contribution in [3.8, 4) is 0 Å². The van der Waals surface area contributed by atoms with E-state index >= 15 is 0 Å². The summed E-state index contributed by atoms with van der Waals surface area (Å²) in [7, 11) is 2.21. The molecule has 1 saturated carbocycles. The summed E-state index contributed by atoms with van der Waals surface area (Å²) in [5.41, 5.74) is 6.54. The molecule has 0 bridgehead atoms. The van der Waals surface area contributed by atoms with Crippen LogP contribution >= 0.6 is 38.9 Å². The van der Waals surface area contributed by atoms with Gasteiger partial charge in [0.2, 0.25) is 0 Å². The Hall–Kier alpha value is 0.390. The fourth-order valence-corrected chi connectivity index (χ4v) is 4.96. The molecule has 1 fully saturated rings. The van der Waals surface area contributed by atoms with E-state index in [0.29, 0.717) is 18.0 Å². The molecule has 0 saturated heterocycles. The van der Waals surface area contributed by atoms with Gasteiger partial charge in [0.1, 0.15) is 4.34 Å². The second-order valence-electron chi connectivity index (χ2n) is 6.58. The minimum Gasteiger partial charge on any atom is -0.329 e. The molecule has 2 nitrogen and oxygen atoms in total. The highest BCUT2D eigenvalue weighted by Crippen LogP contribution is 2.41. The topological polar surface area (TPSA) is 29.3 Å². The number of hydrogen-bond acceptors (Lipinski definition) is 3. The minimum atomic E-state index is 0.273. The highest BCUT2D eigenvalue weighted by molar-refractivity contribution is 9.10. The van der Waals surface area contributed by atoms with Crippen molar-refractivity contribution in [2.24, 2.45) is 11.1 Å². The number of halogens is 2. The molecule has 1 aromatic heterocycles. The maximum atomic E-state index is 6.17. The lowest BCUT2D eigenvalue weighted by molar-refractivity contribution is 0.0978. The molecule has 1 unspecified atom stereocenters. The van der Waals surface area contributed by atoms with Crippen LogP contribution in [-0.4, -0.2) is 24.5 Å². The fourth-order valence-electron chi connectivity index (χ4n) is 3.06. The van der Waals surface area contributed by atoms with Crippen molar-refractivity contribution < 1.29 is 0 Å². The summed E-state index contributed by atoms with van der Waals surface area (Å²) in [5, 5.41) is 0. The summed E-state index contributed by atoms with van der Waals surface area (Å²) in [6, 6.07) is 3.03. The molecule has 0 spiro atoms. The molecule has 1 aromatic rings. The predicted octanol–water partition coefficient (Wildman–Crippen LogP) is 5.06. The monoisotopic (exact) mass is 378 g/mol. The molecule has 2 N–H and O–H groups in total. The Morgan fingerprint density at radius 3 is 2.55 bits per heavy atom. The molecular weight excluding hydrogens is 356 g/mol. The SMILES string of the molecule is CN(C1CCC(C)(C)CC1)C(CN)c1cc(Br)c(Cl)s1. The van der Waals surface area contributed by atoms with Gasteiger partial charge in [-0.1, -0.05) is 25.4 Å². The van der Waals surface area contributed by atoms with Gasteiger partial charge in [-0.25, -0.2) is 0 Å². The van der Waals surface area contributed by atoms with Crippen LogP contribution in [0.1, 0.15) is 50.4 Å². The van der Waals surface area contributed by atoms with Crippen LogP contribution in [-0.2, 0) is 0 Å². The van der Waals surface area contributed by atoms with Gasteiger partial charge in [0, 0.05) is 21.9 Å². The predicted molar refractivity (Wildman–Crippen MR) is 92.6 cm³/mol. The van der Waals surface area contributed by atoms with Crippen LogP contribution < -0.4 is 5.73 Å². The molecule has 0 aromatic carbocycles. The number of rotatable bonds is 4. The first kappa shape index (κ1) is 16.8. The normalized spacial score (nSPS) is 21.4. The molecule has 20 heavy (non-hydrogen) atoms. The first-order chi connectivity index (χ1) is 9.34. The minimum absolute atomic E-state index is 0.273. The third-order valence-electron chi connectivity index (χ3n) is 4.59. The van der Waals surface area contributed by atoms with Gasteiger partial charge < -0.3 is 5.73 Å². The Labute approximate surface area is 139 Å². The van der Waals surface area contributed by atoms with Gasteiger partial charge in [0.15, 0.2) is 0 Å². The highest BCUT2D eigenvalue weighted by Gasteiger charge is 2.32. The number of likely N-dealkylation sites (N-methyl/N-ethyl adjacent to an activating group) is 1. The Balaban J connectivity index is 2.08. The number of thiophene rings is 1. The van der Waals surface area contributed by atoms with E-state index in [1.807, 2.05) is 0 Å².